The van der Waals surface area contributed by atoms with Crippen LogP contribution in [-0.4, -0.2) is 20.9 Å². The molecule has 27 heavy (non-hydrogen) atoms. The number of benzene rings is 2. The fourth-order valence-electron chi connectivity index (χ4n) is 3.47. The van der Waals surface area contributed by atoms with Gasteiger partial charge >= 0.3 is 0 Å². The number of halogens is 1. The van der Waals surface area contributed by atoms with Crippen LogP contribution in [0.2, 0.25) is 5.02 Å². The molecule has 1 saturated heterocycles. The molecule has 5 nitrogen and oxygen atoms in total. The second-order valence-electron chi connectivity index (χ2n) is 6.94. The largest absolute Gasteiger partial charge is 0.337 e. The summed E-state index contributed by atoms with van der Waals surface area (Å²) in [6, 6.07) is 13.5. The Morgan fingerprint density at radius 2 is 2.04 bits per heavy atom. The quantitative estimate of drug-likeness (QED) is 0.646. The maximum Gasteiger partial charge on any atom is 0.249 e. The first-order valence-electron chi connectivity index (χ1n) is 8.97. The molecule has 6 heteroatoms. The average Bonchev–Trinajstić information content (AvgIpc) is 3.26. The SMILES string of the molecule is Cc1ccc(C)c(CN2C(=O)CCC2c2nc(-c3ccccc3Cl)no2)c1. The molecule has 1 unspecified atom stereocenters. The molecule has 1 amide bonds. The van der Waals surface area contributed by atoms with E-state index in [4.69, 9.17) is 16.1 Å². The fraction of sp³-hybridized carbons (Fsp3) is 0.286. The number of hydrogen-bond acceptors (Lipinski definition) is 4. The Morgan fingerprint density at radius 1 is 1.22 bits per heavy atom. The molecule has 1 atom stereocenters. The molecule has 1 aliphatic heterocycles. The Labute approximate surface area is 163 Å². The lowest BCUT2D eigenvalue weighted by Gasteiger charge is -2.23. The molecule has 3 aromatic rings. The van der Waals surface area contributed by atoms with Crippen molar-refractivity contribution < 1.29 is 9.32 Å². The zero-order chi connectivity index (χ0) is 19.0. The number of nitrogens with zero attached hydrogens (tertiary/aromatic N) is 3. The monoisotopic (exact) mass is 381 g/mol. The van der Waals surface area contributed by atoms with Crippen LogP contribution in [0.4, 0.5) is 0 Å². The molecular formula is C21H20ClN3O2. The van der Waals surface area contributed by atoms with Crippen LogP contribution in [0.5, 0.6) is 0 Å². The van der Waals surface area contributed by atoms with E-state index in [1.165, 1.54) is 11.1 Å². The van der Waals surface area contributed by atoms with Gasteiger partial charge < -0.3 is 9.42 Å². The second-order valence-corrected chi connectivity index (χ2v) is 7.35. The van der Waals surface area contributed by atoms with Crippen molar-refractivity contribution in [1.29, 1.82) is 0 Å². The first-order valence-corrected chi connectivity index (χ1v) is 9.35. The van der Waals surface area contributed by atoms with Crippen LogP contribution in [0.1, 0.15) is 41.5 Å². The predicted molar refractivity (Wildman–Crippen MR) is 103 cm³/mol. The van der Waals surface area contributed by atoms with E-state index >= 15 is 0 Å². The summed E-state index contributed by atoms with van der Waals surface area (Å²) in [6.45, 7) is 4.66. The van der Waals surface area contributed by atoms with Gasteiger partial charge in [0.25, 0.3) is 0 Å². The van der Waals surface area contributed by atoms with E-state index < -0.39 is 0 Å². The first-order chi connectivity index (χ1) is 13.0. The van der Waals surface area contributed by atoms with Gasteiger partial charge in [-0.2, -0.15) is 4.98 Å². The first kappa shape index (κ1) is 17.7. The summed E-state index contributed by atoms with van der Waals surface area (Å²) >= 11 is 6.23. The Balaban J connectivity index is 1.62. The smallest absolute Gasteiger partial charge is 0.249 e. The molecular weight excluding hydrogens is 362 g/mol. The van der Waals surface area contributed by atoms with Crippen LogP contribution in [0.25, 0.3) is 11.4 Å². The van der Waals surface area contributed by atoms with Gasteiger partial charge in [0.05, 0.1) is 5.02 Å². The minimum absolute atomic E-state index is 0.110. The number of amides is 1. The van der Waals surface area contributed by atoms with Gasteiger partial charge in [0.2, 0.25) is 17.6 Å². The lowest BCUT2D eigenvalue weighted by molar-refractivity contribution is -0.130. The number of aromatic nitrogens is 2. The van der Waals surface area contributed by atoms with Crippen molar-refractivity contribution in [3.05, 3.63) is 70.1 Å². The topological polar surface area (TPSA) is 59.2 Å². The summed E-state index contributed by atoms with van der Waals surface area (Å²) in [5.74, 6) is 1.01. The number of carbonyl (C=O) groups is 1. The van der Waals surface area contributed by atoms with Gasteiger partial charge in [0, 0.05) is 18.5 Å². The number of rotatable bonds is 4. The summed E-state index contributed by atoms with van der Waals surface area (Å²) < 4.78 is 5.51. The molecule has 0 radical (unpaired) electrons. The Morgan fingerprint density at radius 3 is 2.85 bits per heavy atom. The van der Waals surface area contributed by atoms with E-state index in [1.807, 2.05) is 23.1 Å². The third-order valence-corrected chi connectivity index (χ3v) is 5.34. The lowest BCUT2D eigenvalue weighted by atomic mass is 10.0. The maximum absolute atomic E-state index is 12.5. The average molecular weight is 382 g/mol. The van der Waals surface area contributed by atoms with Crippen LogP contribution < -0.4 is 0 Å². The van der Waals surface area contributed by atoms with Crippen LogP contribution in [0, 0.1) is 13.8 Å². The molecule has 1 aromatic heterocycles. The highest BCUT2D eigenvalue weighted by Gasteiger charge is 2.36. The molecule has 4 rings (SSSR count). The Hall–Kier alpha value is -2.66. The van der Waals surface area contributed by atoms with Crippen LogP contribution in [-0.2, 0) is 11.3 Å². The Bertz CT molecular complexity index is 999. The summed E-state index contributed by atoms with van der Waals surface area (Å²) in [4.78, 5) is 18.9. The lowest BCUT2D eigenvalue weighted by Crippen LogP contribution is -2.27. The van der Waals surface area contributed by atoms with E-state index in [0.29, 0.717) is 36.1 Å². The van der Waals surface area contributed by atoms with Gasteiger partial charge in [0.1, 0.15) is 6.04 Å². The van der Waals surface area contributed by atoms with Gasteiger partial charge in [-0.05, 0) is 43.5 Å². The third-order valence-electron chi connectivity index (χ3n) is 5.02. The van der Waals surface area contributed by atoms with Gasteiger partial charge in [-0.1, -0.05) is 52.7 Å². The molecule has 0 bridgehead atoms. The van der Waals surface area contributed by atoms with E-state index in [1.54, 1.807) is 6.07 Å². The van der Waals surface area contributed by atoms with Crippen LogP contribution >= 0.6 is 11.6 Å². The highest BCUT2D eigenvalue weighted by Crippen LogP contribution is 2.35. The van der Waals surface area contributed by atoms with Crippen molar-refractivity contribution in [2.45, 2.75) is 39.3 Å². The maximum atomic E-state index is 12.5. The van der Waals surface area contributed by atoms with Crippen molar-refractivity contribution in [3.8, 4) is 11.4 Å². The minimum atomic E-state index is -0.207. The van der Waals surface area contributed by atoms with Gasteiger partial charge in [-0.3, -0.25) is 4.79 Å². The molecule has 0 saturated carbocycles. The second kappa shape index (κ2) is 7.16. The van der Waals surface area contributed by atoms with E-state index in [-0.39, 0.29) is 11.9 Å². The van der Waals surface area contributed by atoms with Crippen molar-refractivity contribution in [3.63, 3.8) is 0 Å². The number of carbonyl (C=O) groups excluding carboxylic acids is 1. The third kappa shape index (κ3) is 3.47. The molecule has 0 aliphatic carbocycles. The summed E-state index contributed by atoms with van der Waals surface area (Å²) in [5, 5.41) is 4.65. The number of hydrogen-bond donors (Lipinski definition) is 0. The van der Waals surface area contributed by atoms with Crippen LogP contribution in [0.3, 0.4) is 0 Å². The fourth-order valence-corrected chi connectivity index (χ4v) is 3.69. The molecule has 0 spiro atoms. The standard InChI is InChI=1S/C21H20ClN3O2/c1-13-7-8-14(2)15(11-13)12-25-18(9-10-19(25)26)21-23-20(24-27-21)16-5-3-4-6-17(16)22/h3-8,11,18H,9-10,12H2,1-2H3. The van der Waals surface area contributed by atoms with Crippen molar-refractivity contribution >= 4 is 17.5 Å². The molecule has 1 fully saturated rings. The molecule has 2 heterocycles. The number of aryl methyl sites for hydroxylation is 2. The highest BCUT2D eigenvalue weighted by molar-refractivity contribution is 6.33. The van der Waals surface area contributed by atoms with Crippen molar-refractivity contribution in [2.75, 3.05) is 0 Å². The van der Waals surface area contributed by atoms with Gasteiger partial charge in [-0.25, -0.2) is 0 Å². The molecule has 0 N–H and O–H groups in total. The van der Waals surface area contributed by atoms with E-state index in [9.17, 15) is 4.79 Å². The normalized spacial score (nSPS) is 16.9. The Kier molecular flexibility index (Phi) is 4.70. The summed E-state index contributed by atoms with van der Waals surface area (Å²) in [7, 11) is 0. The molecule has 2 aromatic carbocycles. The minimum Gasteiger partial charge on any atom is -0.337 e. The van der Waals surface area contributed by atoms with Crippen LogP contribution in [0.15, 0.2) is 47.0 Å². The van der Waals surface area contributed by atoms with E-state index in [0.717, 1.165) is 11.1 Å². The highest BCUT2D eigenvalue weighted by atomic mass is 35.5. The van der Waals surface area contributed by atoms with Gasteiger partial charge in [-0.15, -0.1) is 0 Å². The summed E-state index contributed by atoms with van der Waals surface area (Å²) in [6.07, 6.45) is 1.16. The van der Waals surface area contributed by atoms with Gasteiger partial charge in [0.15, 0.2) is 0 Å². The van der Waals surface area contributed by atoms with E-state index in [2.05, 4.69) is 42.2 Å². The zero-order valence-corrected chi connectivity index (χ0v) is 16.0. The van der Waals surface area contributed by atoms with Crippen molar-refractivity contribution in [2.24, 2.45) is 0 Å². The van der Waals surface area contributed by atoms with Crippen molar-refractivity contribution in [1.82, 2.24) is 15.0 Å². The molecule has 138 valence electrons. The predicted octanol–water partition coefficient (Wildman–Crippen LogP) is 4.87. The summed E-state index contributed by atoms with van der Waals surface area (Å²) in [5.41, 5.74) is 4.21. The zero-order valence-electron chi connectivity index (χ0n) is 15.3. The number of likely N-dealkylation sites (tertiary alicyclic amines) is 1. The molecule has 1 aliphatic rings.